The fourth-order valence-electron chi connectivity index (χ4n) is 3.44. The van der Waals surface area contributed by atoms with E-state index in [1.54, 1.807) is 0 Å². The highest BCUT2D eigenvalue weighted by molar-refractivity contribution is 6.11. The van der Waals surface area contributed by atoms with Crippen LogP contribution in [0.3, 0.4) is 0 Å². The van der Waals surface area contributed by atoms with E-state index in [1.165, 1.54) is 24.3 Å². The van der Waals surface area contributed by atoms with Gasteiger partial charge in [0.15, 0.2) is 0 Å². The molecule has 1 heterocycles. The van der Waals surface area contributed by atoms with Crippen LogP contribution in [-0.4, -0.2) is 23.5 Å². The fraction of sp³-hybridized carbons (Fsp3) is 0.185. The molecule has 2 N–H and O–H groups in total. The van der Waals surface area contributed by atoms with Gasteiger partial charge in [-0.25, -0.2) is 4.79 Å². The molecule has 0 radical (unpaired) electrons. The van der Waals surface area contributed by atoms with Crippen LogP contribution in [0.25, 0.3) is 22.3 Å². The minimum atomic E-state index is -0.472. The van der Waals surface area contributed by atoms with Crippen LogP contribution in [-0.2, 0) is 11.3 Å². The molecule has 0 spiro atoms. The fourth-order valence-corrected chi connectivity index (χ4v) is 3.44. The molecule has 0 fully saturated rings. The number of rotatable bonds is 7. The van der Waals surface area contributed by atoms with Gasteiger partial charge in [0.2, 0.25) is 0 Å². The quantitative estimate of drug-likeness (QED) is 0.366. The average molecular weight is 443 g/mol. The first-order valence-electron chi connectivity index (χ1n) is 10.8. The van der Waals surface area contributed by atoms with Crippen LogP contribution in [0.15, 0.2) is 77.2 Å². The standard InChI is InChI=1S/C27H25NO5/c1-17(2)15-28-26(30)24-22-5-3-4-6-23(22)33-25(24)19-9-7-18(8-10-19)16-32-27(31)20-11-13-21(29)14-12-20/h3-14,17,29H,15-16H2,1-2H3,(H,28,30). The third-order valence-corrected chi connectivity index (χ3v) is 5.18. The number of phenols is 1. The number of ether oxygens (including phenoxy) is 1. The topological polar surface area (TPSA) is 88.8 Å². The molecule has 6 heteroatoms. The largest absolute Gasteiger partial charge is 0.508 e. The number of aromatic hydroxyl groups is 1. The number of amides is 1. The van der Waals surface area contributed by atoms with Crippen LogP contribution < -0.4 is 5.32 Å². The molecule has 1 amide bonds. The Labute approximate surface area is 191 Å². The van der Waals surface area contributed by atoms with Gasteiger partial charge in [0.1, 0.15) is 23.7 Å². The lowest BCUT2D eigenvalue weighted by Gasteiger charge is -2.09. The first kappa shape index (κ1) is 22.1. The molecule has 1 aromatic heterocycles. The zero-order chi connectivity index (χ0) is 23.4. The van der Waals surface area contributed by atoms with Gasteiger partial charge in [-0.2, -0.15) is 0 Å². The number of nitrogens with one attached hydrogen (secondary N) is 1. The predicted molar refractivity (Wildman–Crippen MR) is 126 cm³/mol. The Hall–Kier alpha value is -4.06. The van der Waals surface area contributed by atoms with Crippen LogP contribution in [0.5, 0.6) is 5.75 Å². The highest BCUT2D eigenvalue weighted by Gasteiger charge is 2.22. The molecule has 0 atom stereocenters. The number of fused-ring (bicyclic) bond motifs is 1. The number of phenolic OH excluding ortho intramolecular Hbond substituents is 1. The monoisotopic (exact) mass is 443 g/mol. The van der Waals surface area contributed by atoms with Crippen molar-refractivity contribution in [1.82, 2.24) is 5.32 Å². The molecule has 0 saturated carbocycles. The Balaban J connectivity index is 1.54. The van der Waals surface area contributed by atoms with Gasteiger partial charge in [0.05, 0.1) is 11.1 Å². The van der Waals surface area contributed by atoms with Crippen molar-refractivity contribution in [2.45, 2.75) is 20.5 Å². The maximum absolute atomic E-state index is 13.0. The van der Waals surface area contributed by atoms with E-state index in [1.807, 2.05) is 62.4 Å². The van der Waals surface area contributed by atoms with Crippen LogP contribution in [0, 0.1) is 5.92 Å². The number of hydrogen-bond acceptors (Lipinski definition) is 5. The molecule has 33 heavy (non-hydrogen) atoms. The number of carbonyl (C=O) groups is 2. The second-order valence-electron chi connectivity index (χ2n) is 8.23. The molecule has 0 unspecified atom stereocenters. The van der Waals surface area contributed by atoms with Gasteiger partial charge in [-0.1, -0.05) is 56.3 Å². The van der Waals surface area contributed by atoms with Crippen molar-refractivity contribution in [3.8, 4) is 17.1 Å². The number of hydrogen-bond donors (Lipinski definition) is 2. The van der Waals surface area contributed by atoms with Gasteiger partial charge < -0.3 is 19.6 Å². The Morgan fingerprint density at radius 3 is 2.36 bits per heavy atom. The molecule has 3 aromatic carbocycles. The smallest absolute Gasteiger partial charge is 0.338 e. The van der Waals surface area contributed by atoms with Crippen molar-refractivity contribution in [3.05, 3.63) is 89.5 Å². The second kappa shape index (κ2) is 9.61. The van der Waals surface area contributed by atoms with Crippen molar-refractivity contribution in [2.75, 3.05) is 6.54 Å². The van der Waals surface area contributed by atoms with Gasteiger partial charge in [0.25, 0.3) is 5.91 Å². The summed E-state index contributed by atoms with van der Waals surface area (Å²) in [5.41, 5.74) is 3.08. The molecule has 4 aromatic rings. The maximum Gasteiger partial charge on any atom is 0.338 e. The van der Waals surface area contributed by atoms with Gasteiger partial charge in [-0.15, -0.1) is 0 Å². The Morgan fingerprint density at radius 1 is 0.970 bits per heavy atom. The summed E-state index contributed by atoms with van der Waals surface area (Å²) in [6.45, 7) is 4.76. The number of esters is 1. The highest BCUT2D eigenvalue weighted by atomic mass is 16.5. The van der Waals surface area contributed by atoms with E-state index in [4.69, 9.17) is 9.15 Å². The molecule has 0 bridgehead atoms. The Morgan fingerprint density at radius 2 is 1.67 bits per heavy atom. The van der Waals surface area contributed by atoms with Gasteiger partial charge in [0, 0.05) is 17.5 Å². The van der Waals surface area contributed by atoms with E-state index < -0.39 is 5.97 Å². The summed E-state index contributed by atoms with van der Waals surface area (Å²) in [6.07, 6.45) is 0. The SMILES string of the molecule is CC(C)CNC(=O)c1c(-c2ccc(COC(=O)c3ccc(O)cc3)cc2)oc2ccccc12. The van der Waals surface area contributed by atoms with E-state index in [0.717, 1.165) is 16.5 Å². The molecule has 4 rings (SSSR count). The van der Waals surface area contributed by atoms with E-state index in [0.29, 0.717) is 34.9 Å². The molecule has 0 aliphatic heterocycles. The first-order valence-corrected chi connectivity index (χ1v) is 10.8. The Bertz CT molecular complexity index is 1270. The molecule has 0 saturated heterocycles. The van der Waals surface area contributed by atoms with Crippen molar-refractivity contribution in [3.63, 3.8) is 0 Å². The summed E-state index contributed by atoms with van der Waals surface area (Å²) in [5, 5.41) is 13.1. The third-order valence-electron chi connectivity index (χ3n) is 5.18. The Kier molecular flexibility index (Phi) is 6.45. The van der Waals surface area contributed by atoms with Crippen LogP contribution in [0.2, 0.25) is 0 Å². The van der Waals surface area contributed by atoms with Crippen molar-refractivity contribution >= 4 is 22.8 Å². The maximum atomic E-state index is 13.0. The summed E-state index contributed by atoms with van der Waals surface area (Å²) in [4.78, 5) is 25.2. The summed E-state index contributed by atoms with van der Waals surface area (Å²) in [7, 11) is 0. The predicted octanol–water partition coefficient (Wildman–Crippen LogP) is 5.55. The van der Waals surface area contributed by atoms with Gasteiger partial charge >= 0.3 is 5.97 Å². The van der Waals surface area contributed by atoms with Crippen LogP contribution >= 0.6 is 0 Å². The van der Waals surface area contributed by atoms with Gasteiger partial charge in [-0.3, -0.25) is 4.79 Å². The minimum absolute atomic E-state index is 0.0879. The minimum Gasteiger partial charge on any atom is -0.508 e. The van der Waals surface area contributed by atoms with Crippen molar-refractivity contribution < 1.29 is 23.8 Å². The lowest BCUT2D eigenvalue weighted by atomic mass is 10.0. The number of para-hydroxylation sites is 1. The molecular formula is C27H25NO5. The van der Waals surface area contributed by atoms with E-state index in [-0.39, 0.29) is 18.3 Å². The second-order valence-corrected chi connectivity index (χ2v) is 8.23. The molecular weight excluding hydrogens is 418 g/mol. The third kappa shape index (κ3) is 5.06. The zero-order valence-electron chi connectivity index (χ0n) is 18.5. The average Bonchev–Trinajstić information content (AvgIpc) is 3.21. The highest BCUT2D eigenvalue weighted by Crippen LogP contribution is 2.33. The molecule has 6 nitrogen and oxygen atoms in total. The van der Waals surface area contributed by atoms with Gasteiger partial charge in [-0.05, 0) is 41.8 Å². The molecule has 0 aliphatic carbocycles. The van der Waals surface area contributed by atoms with Crippen molar-refractivity contribution in [1.29, 1.82) is 0 Å². The lowest BCUT2D eigenvalue weighted by Crippen LogP contribution is -2.27. The first-order chi connectivity index (χ1) is 15.9. The summed E-state index contributed by atoms with van der Waals surface area (Å²) in [6, 6.07) is 20.7. The normalized spacial score (nSPS) is 11.0. The van der Waals surface area contributed by atoms with E-state index in [2.05, 4.69) is 5.32 Å². The van der Waals surface area contributed by atoms with Crippen molar-refractivity contribution in [2.24, 2.45) is 5.92 Å². The lowest BCUT2D eigenvalue weighted by molar-refractivity contribution is 0.0472. The zero-order valence-corrected chi connectivity index (χ0v) is 18.5. The number of benzene rings is 3. The number of carbonyl (C=O) groups excluding carboxylic acids is 2. The van der Waals surface area contributed by atoms with Crippen LogP contribution in [0.1, 0.15) is 40.1 Å². The molecule has 0 aliphatic rings. The molecule has 168 valence electrons. The summed E-state index contributed by atoms with van der Waals surface area (Å²) < 4.78 is 11.4. The van der Waals surface area contributed by atoms with E-state index >= 15 is 0 Å². The van der Waals surface area contributed by atoms with E-state index in [9.17, 15) is 14.7 Å². The summed E-state index contributed by atoms with van der Waals surface area (Å²) in [5.74, 6) is 0.283. The summed E-state index contributed by atoms with van der Waals surface area (Å²) >= 11 is 0. The number of furan rings is 1. The van der Waals surface area contributed by atoms with Crippen LogP contribution in [0.4, 0.5) is 0 Å².